The van der Waals surface area contributed by atoms with Gasteiger partial charge in [0.1, 0.15) is 17.5 Å². The number of hydrogen-bond donors (Lipinski definition) is 2. The molecule has 9 heteroatoms. The Morgan fingerprint density at radius 1 is 1.13 bits per heavy atom. The smallest absolute Gasteiger partial charge is 0.248 e. The van der Waals surface area contributed by atoms with Crippen LogP contribution in [0, 0.1) is 5.82 Å². The molecule has 0 atom stereocenters. The van der Waals surface area contributed by atoms with Crippen molar-refractivity contribution in [2.75, 3.05) is 5.73 Å². The molecular formula is C21H22ClFN6O. The van der Waals surface area contributed by atoms with E-state index in [1.165, 1.54) is 18.2 Å². The van der Waals surface area contributed by atoms with Gasteiger partial charge in [-0.05, 0) is 24.6 Å². The highest BCUT2D eigenvalue weighted by Crippen LogP contribution is 2.29. The van der Waals surface area contributed by atoms with Crippen LogP contribution in [0.1, 0.15) is 32.0 Å². The molecule has 0 bridgehead atoms. The number of halogens is 2. The quantitative estimate of drug-likeness (QED) is 0.451. The van der Waals surface area contributed by atoms with E-state index in [9.17, 15) is 9.18 Å². The lowest BCUT2D eigenvalue weighted by Crippen LogP contribution is -2.07. The van der Waals surface area contributed by atoms with Crippen LogP contribution < -0.4 is 11.3 Å². The summed E-state index contributed by atoms with van der Waals surface area (Å²) in [6.07, 6.45) is 5.41. The zero-order valence-electron chi connectivity index (χ0n) is 16.4. The number of hydrogen-bond acceptors (Lipinski definition) is 5. The number of benzene rings is 1. The normalized spacial score (nSPS) is 10.9. The molecule has 4 aromatic rings. The van der Waals surface area contributed by atoms with Gasteiger partial charge in [-0.3, -0.25) is 9.36 Å². The minimum atomic E-state index is -0.373. The van der Waals surface area contributed by atoms with Crippen LogP contribution in [-0.4, -0.2) is 24.5 Å². The van der Waals surface area contributed by atoms with Gasteiger partial charge in [0.25, 0.3) is 0 Å². The number of pyridine rings is 1. The highest BCUT2D eigenvalue weighted by Gasteiger charge is 2.19. The fourth-order valence-corrected chi connectivity index (χ4v) is 3.28. The van der Waals surface area contributed by atoms with Crippen molar-refractivity contribution < 1.29 is 4.39 Å². The molecule has 3 aromatic heterocycles. The van der Waals surface area contributed by atoms with Gasteiger partial charge in [0, 0.05) is 24.2 Å². The van der Waals surface area contributed by atoms with Crippen LogP contribution in [0.25, 0.3) is 28.2 Å². The number of anilines is 1. The van der Waals surface area contributed by atoms with E-state index >= 15 is 0 Å². The summed E-state index contributed by atoms with van der Waals surface area (Å²) in [6, 6.07) is 9.23. The number of aromatic nitrogens is 5. The molecule has 156 valence electrons. The standard InChI is InChI=1S/C21H21FN6O.ClH/c1-2-3-4-8-16-25-19(23)18-21(26-16)28(15-9-10-17(29)24-12-15)20(27-18)13-6-5-7-14(22)11-13;/h5-7,9-12H,2-4,8H2,1H3,(H,24,29)(H2,23,25,26);1H. The van der Waals surface area contributed by atoms with Crippen molar-refractivity contribution >= 4 is 29.4 Å². The van der Waals surface area contributed by atoms with Crippen molar-refractivity contribution in [3.63, 3.8) is 0 Å². The zero-order chi connectivity index (χ0) is 20.4. The second-order valence-electron chi connectivity index (χ2n) is 6.85. The molecule has 0 spiro atoms. The Morgan fingerprint density at radius 3 is 2.67 bits per heavy atom. The minimum absolute atomic E-state index is 0. The molecule has 3 N–H and O–H groups in total. The maximum atomic E-state index is 13.9. The van der Waals surface area contributed by atoms with Crippen LogP contribution in [0.5, 0.6) is 0 Å². The molecular weight excluding hydrogens is 407 g/mol. The Hall–Kier alpha value is -3.26. The summed E-state index contributed by atoms with van der Waals surface area (Å²) in [5, 5.41) is 0. The maximum Gasteiger partial charge on any atom is 0.248 e. The number of imidazole rings is 1. The summed E-state index contributed by atoms with van der Waals surface area (Å²) >= 11 is 0. The molecule has 0 radical (unpaired) electrons. The molecule has 3 heterocycles. The molecule has 4 rings (SSSR count). The number of aryl methyl sites for hydroxylation is 1. The van der Waals surface area contributed by atoms with Crippen molar-refractivity contribution in [1.82, 2.24) is 24.5 Å². The minimum Gasteiger partial charge on any atom is -0.382 e. The third-order valence-electron chi connectivity index (χ3n) is 4.69. The Kier molecular flexibility index (Phi) is 6.47. The largest absolute Gasteiger partial charge is 0.382 e. The van der Waals surface area contributed by atoms with Crippen LogP contribution in [0.2, 0.25) is 0 Å². The monoisotopic (exact) mass is 428 g/mol. The van der Waals surface area contributed by atoms with E-state index in [1.807, 2.05) is 0 Å². The van der Waals surface area contributed by atoms with Crippen molar-refractivity contribution in [1.29, 1.82) is 0 Å². The van der Waals surface area contributed by atoms with Gasteiger partial charge in [0.2, 0.25) is 5.56 Å². The summed E-state index contributed by atoms with van der Waals surface area (Å²) in [5.74, 6) is 1.02. The Balaban J connectivity index is 0.00000256. The first kappa shape index (κ1) is 21.4. The second-order valence-corrected chi connectivity index (χ2v) is 6.85. The van der Waals surface area contributed by atoms with E-state index in [0.717, 1.165) is 19.3 Å². The molecule has 1 aromatic carbocycles. The number of H-pyrrole nitrogens is 1. The average Bonchev–Trinajstić information content (AvgIpc) is 3.09. The SMILES string of the molecule is CCCCCc1nc(N)c2nc(-c3cccc(F)c3)n(-c3ccc(=O)[nH]c3)c2n1.Cl. The Bertz CT molecular complexity index is 1220. The fraction of sp³-hybridized carbons (Fsp3) is 0.238. The summed E-state index contributed by atoms with van der Waals surface area (Å²) in [7, 11) is 0. The van der Waals surface area contributed by atoms with Crippen molar-refractivity contribution in [2.45, 2.75) is 32.6 Å². The van der Waals surface area contributed by atoms with Crippen LogP contribution in [-0.2, 0) is 6.42 Å². The lowest BCUT2D eigenvalue weighted by Gasteiger charge is -2.09. The molecule has 0 amide bonds. The van der Waals surface area contributed by atoms with Crippen LogP contribution >= 0.6 is 12.4 Å². The highest BCUT2D eigenvalue weighted by atomic mass is 35.5. The number of nitrogens with one attached hydrogen (secondary N) is 1. The molecule has 30 heavy (non-hydrogen) atoms. The van der Waals surface area contributed by atoms with E-state index in [2.05, 4.69) is 21.9 Å². The van der Waals surface area contributed by atoms with Gasteiger partial charge >= 0.3 is 0 Å². The van der Waals surface area contributed by atoms with Crippen molar-refractivity contribution in [3.8, 4) is 17.1 Å². The summed E-state index contributed by atoms with van der Waals surface area (Å²) in [6.45, 7) is 2.13. The molecule has 7 nitrogen and oxygen atoms in total. The summed E-state index contributed by atoms with van der Waals surface area (Å²) in [5.41, 5.74) is 8.15. The van der Waals surface area contributed by atoms with Crippen molar-refractivity contribution in [2.24, 2.45) is 0 Å². The summed E-state index contributed by atoms with van der Waals surface area (Å²) in [4.78, 5) is 27.9. The number of nitrogen functional groups attached to an aromatic ring is 1. The first-order valence-electron chi connectivity index (χ1n) is 9.56. The second kappa shape index (κ2) is 9.04. The first-order chi connectivity index (χ1) is 14.1. The van der Waals surface area contributed by atoms with Gasteiger partial charge in [-0.25, -0.2) is 19.3 Å². The lowest BCUT2D eigenvalue weighted by molar-refractivity contribution is 0.628. The van der Waals surface area contributed by atoms with Crippen molar-refractivity contribution in [3.05, 3.63) is 64.6 Å². The average molecular weight is 429 g/mol. The Morgan fingerprint density at radius 2 is 1.97 bits per heavy atom. The van der Waals surface area contributed by atoms with E-state index in [0.29, 0.717) is 40.5 Å². The van der Waals surface area contributed by atoms with E-state index < -0.39 is 0 Å². The third-order valence-corrected chi connectivity index (χ3v) is 4.69. The highest BCUT2D eigenvalue weighted by molar-refractivity contribution is 5.87. The zero-order valence-corrected chi connectivity index (χ0v) is 17.2. The van der Waals surface area contributed by atoms with E-state index in [1.54, 1.807) is 29.0 Å². The van der Waals surface area contributed by atoms with Gasteiger partial charge in [0.15, 0.2) is 17.0 Å². The van der Waals surface area contributed by atoms with Crippen LogP contribution in [0.3, 0.4) is 0 Å². The molecule has 0 saturated heterocycles. The molecule has 0 fully saturated rings. The number of nitrogens with two attached hydrogens (primary N) is 1. The Labute approximate surface area is 178 Å². The topological polar surface area (TPSA) is 102 Å². The maximum absolute atomic E-state index is 13.9. The lowest BCUT2D eigenvalue weighted by atomic mass is 10.2. The van der Waals surface area contributed by atoms with Crippen LogP contribution in [0.4, 0.5) is 10.2 Å². The molecule has 0 aliphatic carbocycles. The predicted molar refractivity (Wildman–Crippen MR) is 118 cm³/mol. The number of fused-ring (bicyclic) bond motifs is 1. The first-order valence-corrected chi connectivity index (χ1v) is 9.56. The van der Waals surface area contributed by atoms with Gasteiger partial charge in [-0.15, -0.1) is 12.4 Å². The van der Waals surface area contributed by atoms with Gasteiger partial charge in [-0.2, -0.15) is 0 Å². The van der Waals surface area contributed by atoms with Gasteiger partial charge < -0.3 is 10.7 Å². The summed E-state index contributed by atoms with van der Waals surface area (Å²) < 4.78 is 15.6. The van der Waals surface area contributed by atoms with E-state index in [-0.39, 0.29) is 29.6 Å². The number of rotatable bonds is 6. The predicted octanol–water partition coefficient (Wildman–Crippen LogP) is 4.05. The molecule has 0 aliphatic rings. The van der Waals surface area contributed by atoms with Crippen LogP contribution in [0.15, 0.2) is 47.4 Å². The van der Waals surface area contributed by atoms with Gasteiger partial charge in [-0.1, -0.05) is 31.9 Å². The van der Waals surface area contributed by atoms with Gasteiger partial charge in [0.05, 0.1) is 5.69 Å². The number of unbranched alkanes of at least 4 members (excludes halogenated alkanes) is 2. The third kappa shape index (κ3) is 4.18. The number of nitrogens with zero attached hydrogens (tertiary/aromatic N) is 4. The van der Waals surface area contributed by atoms with E-state index in [4.69, 9.17) is 10.7 Å². The number of aromatic amines is 1. The molecule has 0 unspecified atom stereocenters. The fourth-order valence-electron chi connectivity index (χ4n) is 3.28. The molecule has 0 saturated carbocycles. The molecule has 0 aliphatic heterocycles.